The van der Waals surface area contributed by atoms with E-state index in [0.717, 1.165) is 0 Å². The number of allylic oxidation sites excluding steroid dienone is 2. The SMILES string of the molecule is CC(C)(C)c1ccc(C2=C3C(=Cc4ccccc43)c3ccc(C(C)(C)C)cc32)cc1. The van der Waals surface area contributed by atoms with Crippen LogP contribution in [0.5, 0.6) is 0 Å². The molecule has 0 bridgehead atoms. The molecule has 0 heteroatoms. The van der Waals surface area contributed by atoms with Crippen molar-refractivity contribution in [2.75, 3.05) is 0 Å². The van der Waals surface area contributed by atoms with Crippen molar-refractivity contribution in [1.29, 1.82) is 0 Å². The second-order valence-corrected chi connectivity index (χ2v) is 10.7. The Morgan fingerprint density at radius 3 is 1.83 bits per heavy atom. The fraction of sp³-hybridized carbons (Fsp3) is 0.267. The van der Waals surface area contributed by atoms with Gasteiger partial charge in [0, 0.05) is 0 Å². The quantitative estimate of drug-likeness (QED) is 0.393. The third kappa shape index (κ3) is 2.89. The molecule has 0 fully saturated rings. The van der Waals surface area contributed by atoms with E-state index in [1.54, 1.807) is 0 Å². The highest BCUT2D eigenvalue weighted by atomic mass is 14.4. The molecular formula is C30H30. The first-order valence-electron chi connectivity index (χ1n) is 11.0. The lowest BCUT2D eigenvalue weighted by Gasteiger charge is -2.21. The van der Waals surface area contributed by atoms with Crippen LogP contribution in [0.15, 0.2) is 66.7 Å². The van der Waals surface area contributed by atoms with Crippen LogP contribution in [0.4, 0.5) is 0 Å². The summed E-state index contributed by atoms with van der Waals surface area (Å²) in [4.78, 5) is 0. The molecule has 0 saturated carbocycles. The van der Waals surface area contributed by atoms with Crippen LogP contribution in [0.25, 0.3) is 22.8 Å². The van der Waals surface area contributed by atoms with Gasteiger partial charge in [-0.15, -0.1) is 0 Å². The molecule has 0 radical (unpaired) electrons. The Labute approximate surface area is 181 Å². The molecule has 0 amide bonds. The normalized spacial score (nSPS) is 15.1. The van der Waals surface area contributed by atoms with E-state index in [2.05, 4.69) is 114 Å². The summed E-state index contributed by atoms with van der Waals surface area (Å²) < 4.78 is 0. The van der Waals surface area contributed by atoms with Crippen molar-refractivity contribution in [2.24, 2.45) is 0 Å². The number of fused-ring (bicyclic) bond motifs is 5. The molecule has 0 aromatic heterocycles. The highest BCUT2D eigenvalue weighted by Crippen LogP contribution is 2.54. The van der Waals surface area contributed by atoms with E-state index in [4.69, 9.17) is 0 Å². The first-order valence-corrected chi connectivity index (χ1v) is 11.0. The van der Waals surface area contributed by atoms with Gasteiger partial charge in [0.1, 0.15) is 0 Å². The van der Waals surface area contributed by atoms with Gasteiger partial charge in [0.2, 0.25) is 0 Å². The fourth-order valence-corrected chi connectivity index (χ4v) is 4.73. The van der Waals surface area contributed by atoms with Crippen LogP contribution >= 0.6 is 0 Å². The maximum atomic E-state index is 2.43. The number of rotatable bonds is 1. The summed E-state index contributed by atoms with van der Waals surface area (Å²) >= 11 is 0. The lowest BCUT2D eigenvalue weighted by molar-refractivity contribution is 0.589. The van der Waals surface area contributed by atoms with Gasteiger partial charge in [-0.25, -0.2) is 0 Å². The second-order valence-electron chi connectivity index (χ2n) is 10.7. The Morgan fingerprint density at radius 2 is 1.17 bits per heavy atom. The van der Waals surface area contributed by atoms with E-state index in [1.807, 2.05) is 0 Å². The molecule has 0 saturated heterocycles. The summed E-state index contributed by atoms with van der Waals surface area (Å²) in [6.07, 6.45) is 2.37. The predicted octanol–water partition coefficient (Wildman–Crippen LogP) is 8.11. The lowest BCUT2D eigenvalue weighted by atomic mass is 9.83. The minimum Gasteiger partial charge on any atom is -0.0616 e. The van der Waals surface area contributed by atoms with E-state index < -0.39 is 0 Å². The molecule has 30 heavy (non-hydrogen) atoms. The van der Waals surface area contributed by atoms with Crippen molar-refractivity contribution in [3.05, 3.63) is 106 Å². The summed E-state index contributed by atoms with van der Waals surface area (Å²) in [6.45, 7) is 13.7. The minimum absolute atomic E-state index is 0.130. The van der Waals surface area contributed by atoms with Crippen LogP contribution in [0.1, 0.15) is 80.5 Å². The largest absolute Gasteiger partial charge is 0.0616 e. The molecule has 150 valence electrons. The third-order valence-corrected chi connectivity index (χ3v) is 6.53. The van der Waals surface area contributed by atoms with Crippen molar-refractivity contribution in [3.63, 3.8) is 0 Å². The van der Waals surface area contributed by atoms with Crippen molar-refractivity contribution in [3.8, 4) is 0 Å². The summed E-state index contributed by atoms with van der Waals surface area (Å²) in [5.41, 5.74) is 14.0. The fourth-order valence-electron chi connectivity index (χ4n) is 4.73. The van der Waals surface area contributed by atoms with Gasteiger partial charge in [-0.3, -0.25) is 0 Å². The summed E-state index contributed by atoms with van der Waals surface area (Å²) in [5, 5.41) is 0. The van der Waals surface area contributed by atoms with Crippen LogP contribution in [0, 0.1) is 0 Å². The molecule has 0 aliphatic heterocycles. The molecule has 0 nitrogen and oxygen atoms in total. The molecule has 0 atom stereocenters. The first-order chi connectivity index (χ1) is 14.1. The zero-order valence-electron chi connectivity index (χ0n) is 18.9. The van der Waals surface area contributed by atoms with Gasteiger partial charge in [-0.2, -0.15) is 0 Å². The molecular weight excluding hydrogens is 360 g/mol. The van der Waals surface area contributed by atoms with Crippen molar-refractivity contribution >= 4 is 22.8 Å². The van der Waals surface area contributed by atoms with Crippen molar-refractivity contribution in [1.82, 2.24) is 0 Å². The maximum absolute atomic E-state index is 2.43. The van der Waals surface area contributed by atoms with Crippen LogP contribution in [0.3, 0.4) is 0 Å². The van der Waals surface area contributed by atoms with Gasteiger partial charge in [-0.1, -0.05) is 102 Å². The van der Waals surface area contributed by atoms with E-state index in [9.17, 15) is 0 Å². The minimum atomic E-state index is 0.130. The van der Waals surface area contributed by atoms with Gasteiger partial charge >= 0.3 is 0 Å². The molecule has 3 aromatic rings. The highest BCUT2D eigenvalue weighted by molar-refractivity contribution is 6.31. The molecule has 3 aromatic carbocycles. The topological polar surface area (TPSA) is 0 Å². The molecule has 0 heterocycles. The average Bonchev–Trinajstić information content (AvgIpc) is 3.21. The van der Waals surface area contributed by atoms with Gasteiger partial charge in [0.25, 0.3) is 0 Å². The molecule has 5 rings (SSSR count). The van der Waals surface area contributed by atoms with Crippen molar-refractivity contribution in [2.45, 2.75) is 52.4 Å². The molecule has 0 spiro atoms. The number of benzene rings is 3. The molecule has 2 aliphatic carbocycles. The zero-order valence-corrected chi connectivity index (χ0v) is 18.9. The van der Waals surface area contributed by atoms with Crippen LogP contribution in [-0.2, 0) is 10.8 Å². The average molecular weight is 391 g/mol. The highest BCUT2D eigenvalue weighted by Gasteiger charge is 2.33. The van der Waals surface area contributed by atoms with E-state index in [1.165, 1.54) is 55.7 Å². The molecule has 0 N–H and O–H groups in total. The Morgan fingerprint density at radius 1 is 0.533 bits per heavy atom. The summed E-state index contributed by atoms with van der Waals surface area (Å²) in [7, 11) is 0. The summed E-state index contributed by atoms with van der Waals surface area (Å²) in [6, 6.07) is 25.1. The van der Waals surface area contributed by atoms with E-state index >= 15 is 0 Å². The smallest absolute Gasteiger partial charge is 0.00141 e. The molecule has 0 unspecified atom stereocenters. The van der Waals surface area contributed by atoms with Gasteiger partial charge in [-0.05, 0) is 78.6 Å². The Balaban J connectivity index is 1.77. The predicted molar refractivity (Wildman–Crippen MR) is 131 cm³/mol. The Hall–Kier alpha value is -2.86. The van der Waals surface area contributed by atoms with Gasteiger partial charge in [0.05, 0.1) is 0 Å². The maximum Gasteiger partial charge on any atom is -0.00141 e. The van der Waals surface area contributed by atoms with E-state index in [-0.39, 0.29) is 10.8 Å². The standard InChI is InChI=1S/C30H30/c1-29(2,3)21-13-11-19(12-14-21)27-26-18-22(30(4,5)6)15-16-24(26)25-17-20-9-7-8-10-23(20)28(25)27/h7-18H,1-6H3. The zero-order chi connectivity index (χ0) is 21.3. The Bertz CT molecular complexity index is 1220. The number of hydrogen-bond acceptors (Lipinski definition) is 0. The lowest BCUT2D eigenvalue weighted by Crippen LogP contribution is -2.11. The van der Waals surface area contributed by atoms with Crippen molar-refractivity contribution < 1.29 is 0 Å². The third-order valence-electron chi connectivity index (χ3n) is 6.53. The first kappa shape index (κ1) is 19.1. The van der Waals surface area contributed by atoms with E-state index in [0.29, 0.717) is 0 Å². The van der Waals surface area contributed by atoms with Crippen LogP contribution in [0.2, 0.25) is 0 Å². The van der Waals surface area contributed by atoms with Gasteiger partial charge < -0.3 is 0 Å². The second kappa shape index (κ2) is 6.32. The van der Waals surface area contributed by atoms with Crippen LogP contribution in [-0.4, -0.2) is 0 Å². The van der Waals surface area contributed by atoms with Gasteiger partial charge in [0.15, 0.2) is 0 Å². The number of hydrogen-bond donors (Lipinski definition) is 0. The Kier molecular flexibility index (Phi) is 4.03. The monoisotopic (exact) mass is 390 g/mol. The summed E-state index contributed by atoms with van der Waals surface area (Å²) in [5.74, 6) is 0. The molecule has 2 aliphatic rings. The van der Waals surface area contributed by atoms with Crippen LogP contribution < -0.4 is 0 Å².